The highest BCUT2D eigenvalue weighted by Gasteiger charge is 2.33. The first-order valence-corrected chi connectivity index (χ1v) is 19.6. The van der Waals surface area contributed by atoms with Gasteiger partial charge in [0.25, 0.3) is 0 Å². The number of nitrogens with zero attached hydrogens (tertiary/aromatic N) is 2. The van der Waals surface area contributed by atoms with Gasteiger partial charge in [-0.05, 0) is 94.1 Å². The zero-order valence-electron chi connectivity index (χ0n) is 31.7. The number of aryl methyl sites for hydroxylation is 1. The monoisotopic (exact) mass is 718 g/mol. The molecule has 0 saturated heterocycles. The predicted octanol–water partition coefficient (Wildman–Crippen LogP) is 14.8. The Bertz CT molecular complexity index is 2880. The number of hydrogen-bond donors (Lipinski definition) is 0. The largest absolute Gasteiger partial charge is 0.333 e. The average Bonchev–Trinajstić information content (AvgIpc) is 3.26. The normalized spacial score (nSPS) is 15.4. The maximum atomic E-state index is 2.59. The Morgan fingerprint density at radius 2 is 1.02 bits per heavy atom. The first kappa shape index (κ1) is 33.7. The van der Waals surface area contributed by atoms with Gasteiger partial charge in [0.15, 0.2) is 0 Å². The van der Waals surface area contributed by atoms with Crippen molar-refractivity contribution in [3.8, 4) is 11.1 Å². The van der Waals surface area contributed by atoms with Gasteiger partial charge in [0.1, 0.15) is 0 Å². The Morgan fingerprint density at radius 3 is 1.68 bits per heavy atom. The molecule has 1 aliphatic rings. The topological polar surface area (TPSA) is 6.48 Å². The minimum Gasteiger partial charge on any atom is -0.333 e. The van der Waals surface area contributed by atoms with Crippen LogP contribution in [0, 0.1) is 6.92 Å². The summed E-state index contributed by atoms with van der Waals surface area (Å²) in [5, 5.41) is 7.56. The van der Waals surface area contributed by atoms with Gasteiger partial charge >= 0.3 is 0 Å². The van der Waals surface area contributed by atoms with Gasteiger partial charge in [-0.15, -0.1) is 0 Å². The molecule has 0 saturated carbocycles. The molecule has 2 heteroatoms. The molecule has 0 fully saturated rings. The van der Waals surface area contributed by atoms with E-state index in [4.69, 9.17) is 0 Å². The number of benzene rings is 9. The Morgan fingerprint density at radius 1 is 0.464 bits per heavy atom. The van der Waals surface area contributed by atoms with Gasteiger partial charge in [0.2, 0.25) is 0 Å². The second kappa shape index (κ2) is 14.1. The summed E-state index contributed by atoms with van der Waals surface area (Å²) in [6.45, 7) is 4.52. The number of rotatable bonds is 8. The molecule has 10 rings (SSSR count). The van der Waals surface area contributed by atoms with E-state index < -0.39 is 0 Å². The summed E-state index contributed by atoms with van der Waals surface area (Å²) in [7, 11) is 0. The van der Waals surface area contributed by atoms with Crippen molar-refractivity contribution in [2.24, 2.45) is 0 Å². The summed E-state index contributed by atoms with van der Waals surface area (Å²) < 4.78 is 0. The third-order valence-corrected chi connectivity index (χ3v) is 11.7. The Labute approximate surface area is 329 Å². The average molecular weight is 719 g/mol. The predicted molar refractivity (Wildman–Crippen MR) is 239 cm³/mol. The van der Waals surface area contributed by atoms with E-state index in [1.165, 1.54) is 77.2 Å². The van der Waals surface area contributed by atoms with E-state index >= 15 is 0 Å². The molecule has 0 radical (unpaired) electrons. The fraction of sp³-hybridized carbons (Fsp3) is 0.0741. The molecule has 2 atom stereocenters. The van der Waals surface area contributed by atoms with Crippen LogP contribution in [0.4, 0.5) is 28.4 Å². The lowest BCUT2D eigenvalue weighted by Gasteiger charge is -2.41. The van der Waals surface area contributed by atoms with Gasteiger partial charge in [-0.25, -0.2) is 0 Å². The van der Waals surface area contributed by atoms with E-state index in [1.54, 1.807) is 0 Å². The van der Waals surface area contributed by atoms with Crippen LogP contribution in [-0.4, -0.2) is 6.04 Å². The fourth-order valence-electron chi connectivity index (χ4n) is 9.13. The summed E-state index contributed by atoms with van der Waals surface area (Å²) in [6.07, 6.45) is 6.89. The van der Waals surface area contributed by atoms with Crippen LogP contribution in [0.1, 0.15) is 24.0 Å². The summed E-state index contributed by atoms with van der Waals surface area (Å²) in [6, 6.07) is 69.0. The smallest absolute Gasteiger partial charge is 0.0655 e. The molecule has 1 aliphatic carbocycles. The number of hydrogen-bond acceptors (Lipinski definition) is 2. The molecule has 0 amide bonds. The first-order valence-electron chi connectivity index (χ1n) is 19.6. The van der Waals surface area contributed by atoms with Gasteiger partial charge in [0.05, 0.1) is 17.4 Å². The molecule has 9 aromatic rings. The van der Waals surface area contributed by atoms with Crippen molar-refractivity contribution < 1.29 is 0 Å². The van der Waals surface area contributed by atoms with Crippen molar-refractivity contribution in [1.82, 2.24) is 0 Å². The summed E-state index contributed by atoms with van der Waals surface area (Å²) in [4.78, 5) is 5.07. The molecular weight excluding hydrogens is 677 g/mol. The molecule has 0 aromatic heterocycles. The molecule has 0 aliphatic heterocycles. The van der Waals surface area contributed by atoms with Gasteiger partial charge in [-0.1, -0.05) is 170 Å². The van der Waals surface area contributed by atoms with Gasteiger partial charge in [-0.2, -0.15) is 0 Å². The van der Waals surface area contributed by atoms with Crippen LogP contribution < -0.4 is 9.80 Å². The lowest BCUT2D eigenvalue weighted by Crippen LogP contribution is -2.38. The zero-order valence-corrected chi connectivity index (χ0v) is 31.7. The van der Waals surface area contributed by atoms with Crippen LogP contribution in [0.2, 0.25) is 0 Å². The highest BCUT2D eigenvalue weighted by molar-refractivity contribution is 6.28. The molecule has 2 unspecified atom stereocenters. The van der Waals surface area contributed by atoms with E-state index in [1.807, 2.05) is 0 Å². The Kier molecular flexibility index (Phi) is 8.45. The highest BCUT2D eigenvalue weighted by Crippen LogP contribution is 2.50. The minimum atomic E-state index is 0.0878. The highest BCUT2D eigenvalue weighted by atomic mass is 15.2. The van der Waals surface area contributed by atoms with Gasteiger partial charge in [0, 0.05) is 39.3 Å². The Balaban J connectivity index is 1.23. The second-order valence-electron chi connectivity index (χ2n) is 15.0. The van der Waals surface area contributed by atoms with Crippen LogP contribution in [0.5, 0.6) is 0 Å². The maximum Gasteiger partial charge on any atom is 0.0655 e. The third-order valence-electron chi connectivity index (χ3n) is 11.7. The van der Waals surface area contributed by atoms with Crippen molar-refractivity contribution in [3.05, 3.63) is 223 Å². The Hall–Kier alpha value is -6.90. The van der Waals surface area contributed by atoms with Crippen molar-refractivity contribution >= 4 is 60.8 Å². The van der Waals surface area contributed by atoms with Crippen molar-refractivity contribution in [1.29, 1.82) is 0 Å². The first-order chi connectivity index (χ1) is 27.7. The fourth-order valence-corrected chi connectivity index (χ4v) is 9.13. The summed E-state index contributed by atoms with van der Waals surface area (Å²) >= 11 is 0. The lowest BCUT2D eigenvalue weighted by molar-refractivity contribution is 0.658. The van der Waals surface area contributed by atoms with Crippen molar-refractivity contribution in [2.75, 3.05) is 9.80 Å². The van der Waals surface area contributed by atoms with E-state index in [0.29, 0.717) is 0 Å². The number of allylic oxidation sites excluding steroid dienone is 2. The van der Waals surface area contributed by atoms with Crippen LogP contribution >= 0.6 is 0 Å². The quantitative estimate of drug-likeness (QED) is 0.144. The lowest BCUT2D eigenvalue weighted by atomic mass is 9.82. The molecule has 268 valence electrons. The summed E-state index contributed by atoms with van der Waals surface area (Å²) in [5.74, 6) is 0.180. The van der Waals surface area contributed by atoms with E-state index in [2.05, 4.69) is 230 Å². The van der Waals surface area contributed by atoms with Crippen molar-refractivity contribution in [2.45, 2.75) is 25.8 Å². The zero-order chi connectivity index (χ0) is 37.6. The number of anilines is 5. The van der Waals surface area contributed by atoms with Crippen molar-refractivity contribution in [3.63, 3.8) is 0 Å². The van der Waals surface area contributed by atoms with Gasteiger partial charge in [-0.3, -0.25) is 0 Å². The van der Waals surface area contributed by atoms with E-state index in [0.717, 1.165) is 11.4 Å². The molecular formula is C54H42N2. The summed E-state index contributed by atoms with van der Waals surface area (Å²) in [5.41, 5.74) is 12.2. The molecule has 2 nitrogen and oxygen atoms in total. The third kappa shape index (κ3) is 5.65. The molecule has 9 aromatic carbocycles. The standard InChI is InChI=1S/C54H42N2/c1-37-17-15-27-45(39-19-7-3-8-20-39)53(37)55(43-23-11-5-12-24-43)49-35-31-41-29-30-42-32-36-50(48-34-33-47(49)51(41)52(42)48)56(44-25-13-6-14-26-44)54-38(2)18-16-28-46(54)40-21-9-4-10-22-40/h3-36,45,53H,1-2H3. The van der Waals surface area contributed by atoms with Crippen LogP contribution in [-0.2, 0) is 0 Å². The SMILES string of the molecule is CC1=CC=CC(c2ccccc2)C1N(c1ccccc1)c1ccc2ccc3ccc(N(c4ccccc4)c4c(C)cccc4-c4ccccc4)c4ccc1c2c34. The van der Waals surface area contributed by atoms with Crippen LogP contribution in [0.3, 0.4) is 0 Å². The van der Waals surface area contributed by atoms with Crippen LogP contribution in [0.25, 0.3) is 43.4 Å². The van der Waals surface area contributed by atoms with E-state index in [-0.39, 0.29) is 12.0 Å². The van der Waals surface area contributed by atoms with Gasteiger partial charge < -0.3 is 9.80 Å². The second-order valence-corrected chi connectivity index (χ2v) is 15.0. The molecule has 56 heavy (non-hydrogen) atoms. The minimum absolute atomic E-state index is 0.0878. The molecule has 0 bridgehead atoms. The molecule has 0 N–H and O–H groups in total. The molecule has 0 spiro atoms. The van der Waals surface area contributed by atoms with E-state index in [9.17, 15) is 0 Å². The van der Waals surface area contributed by atoms with Crippen LogP contribution in [0.15, 0.2) is 212 Å². The maximum absolute atomic E-state index is 2.59. The number of para-hydroxylation sites is 3. The molecule has 0 heterocycles.